The summed E-state index contributed by atoms with van der Waals surface area (Å²) in [6.45, 7) is 3.54. The quantitative estimate of drug-likeness (QED) is 0.878. The number of aromatic amines is 1. The van der Waals surface area contributed by atoms with Crippen molar-refractivity contribution in [1.29, 1.82) is 0 Å². The maximum absolute atomic E-state index is 13.4. The minimum atomic E-state index is -1.32. The Labute approximate surface area is 125 Å². The number of benzene rings is 1. The Bertz CT molecular complexity index is 901. The fourth-order valence-electron chi connectivity index (χ4n) is 2.30. The maximum atomic E-state index is 13.4. The Morgan fingerprint density at radius 3 is 2.59 bits per heavy atom. The van der Waals surface area contributed by atoms with Crippen molar-refractivity contribution in [2.75, 3.05) is 0 Å². The predicted molar refractivity (Wildman–Crippen MR) is 80.6 cm³/mol. The van der Waals surface area contributed by atoms with Crippen LogP contribution in [0.4, 0.5) is 4.39 Å². The number of aromatic carboxylic acids is 1. The van der Waals surface area contributed by atoms with E-state index in [9.17, 15) is 14.0 Å². The van der Waals surface area contributed by atoms with Gasteiger partial charge in [0.05, 0.1) is 11.3 Å². The Morgan fingerprint density at radius 1 is 1.32 bits per heavy atom. The second-order valence-corrected chi connectivity index (χ2v) is 4.70. The second-order valence-electron chi connectivity index (χ2n) is 4.70. The summed E-state index contributed by atoms with van der Waals surface area (Å²) < 4.78 is 13.4. The summed E-state index contributed by atoms with van der Waals surface area (Å²) in [4.78, 5) is 22.7. The number of nitrogens with one attached hydrogen (secondary N) is 1. The summed E-state index contributed by atoms with van der Waals surface area (Å²) in [7, 11) is 0. The average molecular weight is 302 g/mol. The molecule has 0 saturated heterocycles. The van der Waals surface area contributed by atoms with Gasteiger partial charge in [0.2, 0.25) is 0 Å². The molecule has 1 aromatic heterocycles. The van der Waals surface area contributed by atoms with Crippen molar-refractivity contribution >= 4 is 18.1 Å². The molecule has 0 spiro atoms. The van der Waals surface area contributed by atoms with E-state index >= 15 is 0 Å². The molecule has 2 rings (SSSR count). The zero-order chi connectivity index (χ0) is 16.3. The van der Waals surface area contributed by atoms with Crippen LogP contribution < -0.4 is 16.0 Å². The highest BCUT2D eigenvalue weighted by Crippen LogP contribution is 2.12. The SMILES string of the molecule is C/C=c1/c(Cc2ccc(F)c(C(=O)O)c2)n[nH]c(=O)/c1=C/C. The van der Waals surface area contributed by atoms with Crippen molar-refractivity contribution in [3.8, 4) is 0 Å². The number of rotatable bonds is 3. The van der Waals surface area contributed by atoms with E-state index < -0.39 is 11.8 Å². The van der Waals surface area contributed by atoms with E-state index in [0.717, 1.165) is 6.07 Å². The highest BCUT2D eigenvalue weighted by molar-refractivity contribution is 5.88. The van der Waals surface area contributed by atoms with Gasteiger partial charge in [-0.15, -0.1) is 0 Å². The molecular formula is C16H15FN2O3. The lowest BCUT2D eigenvalue weighted by Gasteiger charge is -2.05. The van der Waals surface area contributed by atoms with Crippen LogP contribution in [0.5, 0.6) is 0 Å². The topological polar surface area (TPSA) is 83.0 Å². The summed E-state index contributed by atoms with van der Waals surface area (Å²) in [6.07, 6.45) is 3.75. The molecule has 0 aliphatic carbocycles. The smallest absolute Gasteiger partial charge is 0.338 e. The minimum Gasteiger partial charge on any atom is -0.478 e. The molecule has 5 nitrogen and oxygen atoms in total. The normalized spacial score (nSPS) is 12.7. The Hall–Kier alpha value is -2.76. The van der Waals surface area contributed by atoms with Gasteiger partial charge < -0.3 is 5.11 Å². The van der Waals surface area contributed by atoms with Crippen LogP contribution in [0.3, 0.4) is 0 Å². The summed E-state index contributed by atoms with van der Waals surface area (Å²) >= 11 is 0. The first-order chi connectivity index (χ1) is 10.5. The van der Waals surface area contributed by atoms with Gasteiger partial charge in [0.25, 0.3) is 5.56 Å². The number of hydrogen-bond donors (Lipinski definition) is 2. The van der Waals surface area contributed by atoms with Crippen molar-refractivity contribution in [1.82, 2.24) is 10.2 Å². The molecule has 0 bridgehead atoms. The van der Waals surface area contributed by atoms with Gasteiger partial charge in [-0.2, -0.15) is 5.10 Å². The fourth-order valence-corrected chi connectivity index (χ4v) is 2.30. The third-order valence-electron chi connectivity index (χ3n) is 3.35. The third kappa shape index (κ3) is 2.95. The highest BCUT2D eigenvalue weighted by atomic mass is 19.1. The van der Waals surface area contributed by atoms with Gasteiger partial charge in [-0.3, -0.25) is 4.79 Å². The van der Waals surface area contributed by atoms with Crippen LogP contribution in [0, 0.1) is 5.82 Å². The lowest BCUT2D eigenvalue weighted by atomic mass is 10.0. The molecule has 6 heteroatoms. The molecule has 0 aliphatic rings. The predicted octanol–water partition coefficient (Wildman–Crippen LogP) is 0.799. The molecule has 0 aliphatic heterocycles. The first-order valence-corrected chi connectivity index (χ1v) is 6.70. The average Bonchev–Trinajstić information content (AvgIpc) is 2.50. The van der Waals surface area contributed by atoms with E-state index in [2.05, 4.69) is 10.2 Å². The molecule has 0 fully saturated rings. The van der Waals surface area contributed by atoms with Crippen molar-refractivity contribution in [3.05, 3.63) is 61.6 Å². The molecule has 0 unspecified atom stereocenters. The van der Waals surface area contributed by atoms with Gasteiger partial charge in [-0.1, -0.05) is 18.2 Å². The Morgan fingerprint density at radius 2 is 2.00 bits per heavy atom. The number of carboxylic acids is 1. The summed E-state index contributed by atoms with van der Waals surface area (Å²) in [5.74, 6) is -2.10. The molecule has 0 saturated carbocycles. The summed E-state index contributed by atoms with van der Waals surface area (Å²) in [5, 5.41) is 16.6. The number of H-pyrrole nitrogens is 1. The van der Waals surface area contributed by atoms with E-state index in [-0.39, 0.29) is 17.5 Å². The number of nitrogens with zero attached hydrogens (tertiary/aromatic N) is 1. The van der Waals surface area contributed by atoms with Gasteiger partial charge in [0.15, 0.2) is 0 Å². The van der Waals surface area contributed by atoms with Crippen molar-refractivity contribution < 1.29 is 14.3 Å². The molecule has 0 atom stereocenters. The van der Waals surface area contributed by atoms with E-state index in [1.807, 2.05) is 0 Å². The van der Waals surface area contributed by atoms with Crippen LogP contribution in [0.2, 0.25) is 0 Å². The van der Waals surface area contributed by atoms with Crippen molar-refractivity contribution in [3.63, 3.8) is 0 Å². The molecule has 0 amide bonds. The zero-order valence-electron chi connectivity index (χ0n) is 12.2. The monoisotopic (exact) mass is 302 g/mol. The minimum absolute atomic E-state index is 0.287. The number of aromatic nitrogens is 2. The molecule has 1 aromatic carbocycles. The lowest BCUT2D eigenvalue weighted by Crippen LogP contribution is -2.43. The lowest BCUT2D eigenvalue weighted by molar-refractivity contribution is 0.0691. The maximum Gasteiger partial charge on any atom is 0.338 e. The van der Waals surface area contributed by atoms with E-state index in [0.29, 0.717) is 21.7 Å². The largest absolute Gasteiger partial charge is 0.478 e. The first kappa shape index (κ1) is 15.6. The van der Waals surface area contributed by atoms with Gasteiger partial charge in [0, 0.05) is 16.9 Å². The first-order valence-electron chi connectivity index (χ1n) is 6.70. The van der Waals surface area contributed by atoms with E-state index in [1.165, 1.54) is 12.1 Å². The number of hydrogen-bond acceptors (Lipinski definition) is 3. The van der Waals surface area contributed by atoms with Crippen LogP contribution in [-0.4, -0.2) is 21.3 Å². The molecule has 0 radical (unpaired) electrons. The molecule has 2 aromatic rings. The van der Waals surface area contributed by atoms with E-state index in [4.69, 9.17) is 5.11 Å². The molecular weight excluding hydrogens is 287 g/mol. The summed E-state index contributed by atoms with van der Waals surface area (Å²) in [5.41, 5.74) is 0.526. The Kier molecular flexibility index (Phi) is 4.50. The van der Waals surface area contributed by atoms with E-state index in [1.54, 1.807) is 26.0 Å². The van der Waals surface area contributed by atoms with Crippen LogP contribution in [0.1, 0.15) is 35.5 Å². The van der Waals surface area contributed by atoms with Gasteiger partial charge in [-0.25, -0.2) is 14.3 Å². The zero-order valence-corrected chi connectivity index (χ0v) is 12.2. The number of carbonyl (C=O) groups is 1. The molecule has 114 valence electrons. The van der Waals surface area contributed by atoms with Gasteiger partial charge in [0.1, 0.15) is 5.82 Å². The Balaban J connectivity index is 2.56. The summed E-state index contributed by atoms with van der Waals surface area (Å²) in [6, 6.07) is 3.90. The third-order valence-corrected chi connectivity index (χ3v) is 3.35. The van der Waals surface area contributed by atoms with Crippen molar-refractivity contribution in [2.45, 2.75) is 20.3 Å². The van der Waals surface area contributed by atoms with Gasteiger partial charge >= 0.3 is 5.97 Å². The second kappa shape index (κ2) is 6.34. The van der Waals surface area contributed by atoms with Crippen LogP contribution >= 0.6 is 0 Å². The molecule has 22 heavy (non-hydrogen) atoms. The van der Waals surface area contributed by atoms with Crippen LogP contribution in [-0.2, 0) is 6.42 Å². The standard InChI is InChI=1S/C16H15FN2O3/c1-3-10-11(4-2)15(20)19-18-14(10)8-9-5-6-13(17)12(7-9)16(21)22/h3-7H,8H2,1-2H3,(H,19,20)(H,21,22)/b10-3+,11-4+. The number of halogens is 1. The molecule has 2 N–H and O–H groups in total. The fraction of sp³-hybridized carbons (Fsp3) is 0.188. The highest BCUT2D eigenvalue weighted by Gasteiger charge is 2.12. The number of carboxylic acid groups (broad SMARTS) is 1. The van der Waals surface area contributed by atoms with Gasteiger partial charge in [-0.05, 0) is 31.5 Å². The van der Waals surface area contributed by atoms with Crippen molar-refractivity contribution in [2.24, 2.45) is 0 Å². The van der Waals surface area contributed by atoms with Crippen LogP contribution in [0.25, 0.3) is 12.2 Å². The van der Waals surface area contributed by atoms with Crippen LogP contribution in [0.15, 0.2) is 23.0 Å². The molecule has 1 heterocycles.